The predicted molar refractivity (Wildman–Crippen MR) is 153 cm³/mol. The Labute approximate surface area is 244 Å². The largest absolute Gasteiger partial charge is 0.493 e. The average Bonchev–Trinajstić information content (AvgIpc) is 3.78. The van der Waals surface area contributed by atoms with Gasteiger partial charge in [-0.2, -0.15) is 0 Å². The van der Waals surface area contributed by atoms with E-state index in [9.17, 15) is 14.4 Å². The number of carbonyl (C=O) groups is 3. The van der Waals surface area contributed by atoms with Gasteiger partial charge >= 0.3 is 0 Å². The number of hydrogen-bond acceptors (Lipinski definition) is 7. The molecule has 1 aliphatic carbocycles. The number of pyridine rings is 1. The number of likely N-dealkylation sites (tertiary alicyclic amines) is 1. The lowest BCUT2D eigenvalue weighted by Crippen LogP contribution is -2.49. The van der Waals surface area contributed by atoms with Crippen LogP contribution >= 0.6 is 0 Å². The maximum Gasteiger partial charge on any atom is 0.272 e. The minimum Gasteiger partial charge on any atom is -0.493 e. The summed E-state index contributed by atoms with van der Waals surface area (Å²) in [7, 11) is 1.59. The topological polar surface area (TPSA) is 110 Å². The van der Waals surface area contributed by atoms with Crippen LogP contribution in [0, 0.1) is 0 Å². The first-order valence-electron chi connectivity index (χ1n) is 14.3. The van der Waals surface area contributed by atoms with Gasteiger partial charge in [-0.1, -0.05) is 24.3 Å². The molecule has 4 aliphatic rings. The summed E-state index contributed by atoms with van der Waals surface area (Å²) in [4.78, 5) is 47.3. The molecule has 7 rings (SSSR count). The third kappa shape index (κ3) is 6.38. The molecule has 0 unspecified atom stereocenters. The standard InChI is InChI=1S/C32H34N4O6/c1-40-28-16-21-8-12-27(28)42-24-6-4-5-22(15-24)20-41-29-18-35(32(39)25-7-2-3-14-33-25)17-26(29)34-30(37)19-36(23-10-11-23)31(38)13-9-21/h2-8,12,14-16,23,26,29H,9-11,13,17-20H2,1H3,(H,34,37)/t26-,29-/m0/s1. The van der Waals surface area contributed by atoms with E-state index in [1.165, 1.54) is 0 Å². The molecule has 0 radical (unpaired) electrons. The summed E-state index contributed by atoms with van der Waals surface area (Å²) in [6.07, 6.45) is 3.69. The van der Waals surface area contributed by atoms with Gasteiger partial charge < -0.3 is 29.3 Å². The van der Waals surface area contributed by atoms with Crippen LogP contribution < -0.4 is 14.8 Å². The van der Waals surface area contributed by atoms with Crippen LogP contribution in [0.5, 0.6) is 17.2 Å². The van der Waals surface area contributed by atoms with Crippen LogP contribution in [0.25, 0.3) is 0 Å². The summed E-state index contributed by atoms with van der Waals surface area (Å²) >= 11 is 0. The fraction of sp³-hybridized carbons (Fsp3) is 0.375. The lowest BCUT2D eigenvalue weighted by atomic mass is 10.1. The molecular weight excluding hydrogens is 536 g/mol. The maximum atomic E-state index is 13.3. The van der Waals surface area contributed by atoms with Gasteiger partial charge in [0.05, 0.1) is 32.4 Å². The van der Waals surface area contributed by atoms with Gasteiger partial charge in [0, 0.05) is 31.7 Å². The van der Waals surface area contributed by atoms with Crippen molar-refractivity contribution < 1.29 is 28.6 Å². The number of nitrogens with one attached hydrogen (secondary N) is 1. The Morgan fingerprint density at radius 2 is 1.88 bits per heavy atom. The fourth-order valence-electron chi connectivity index (χ4n) is 5.49. The summed E-state index contributed by atoms with van der Waals surface area (Å²) in [5.74, 6) is 1.22. The number of amides is 3. The van der Waals surface area contributed by atoms with E-state index in [2.05, 4.69) is 10.3 Å². The molecule has 10 nitrogen and oxygen atoms in total. The second kappa shape index (κ2) is 12.2. The number of aryl methyl sites for hydroxylation is 1. The smallest absolute Gasteiger partial charge is 0.272 e. The highest BCUT2D eigenvalue weighted by Crippen LogP contribution is 2.34. The Hall–Kier alpha value is -4.44. The number of nitrogens with zero attached hydrogens (tertiary/aromatic N) is 3. The molecule has 4 heterocycles. The van der Waals surface area contributed by atoms with Gasteiger partial charge in [-0.05, 0) is 66.8 Å². The normalized spacial score (nSPS) is 21.5. The van der Waals surface area contributed by atoms with E-state index < -0.39 is 12.1 Å². The number of aromatic nitrogens is 1. The molecule has 2 aromatic carbocycles. The Morgan fingerprint density at radius 1 is 1.00 bits per heavy atom. The van der Waals surface area contributed by atoms with Crippen molar-refractivity contribution in [3.8, 4) is 17.2 Å². The molecule has 2 fully saturated rings. The zero-order valence-electron chi connectivity index (χ0n) is 23.5. The molecule has 3 aliphatic heterocycles. The van der Waals surface area contributed by atoms with Crippen LogP contribution in [0.4, 0.5) is 0 Å². The molecule has 1 N–H and O–H groups in total. The van der Waals surface area contributed by atoms with Crippen molar-refractivity contribution in [1.82, 2.24) is 20.1 Å². The molecule has 42 heavy (non-hydrogen) atoms. The van der Waals surface area contributed by atoms with Crippen LogP contribution in [-0.2, 0) is 27.4 Å². The molecule has 4 bridgehead atoms. The molecule has 2 atom stereocenters. The fourth-order valence-corrected chi connectivity index (χ4v) is 5.49. The number of rotatable bonds is 3. The predicted octanol–water partition coefficient (Wildman–Crippen LogP) is 3.35. The van der Waals surface area contributed by atoms with Gasteiger partial charge in [-0.15, -0.1) is 0 Å². The maximum absolute atomic E-state index is 13.3. The van der Waals surface area contributed by atoms with Crippen molar-refractivity contribution >= 4 is 17.7 Å². The average molecular weight is 571 g/mol. The molecule has 1 saturated carbocycles. The lowest BCUT2D eigenvalue weighted by molar-refractivity contribution is -0.137. The monoisotopic (exact) mass is 570 g/mol. The van der Waals surface area contributed by atoms with Crippen molar-refractivity contribution in [3.63, 3.8) is 0 Å². The summed E-state index contributed by atoms with van der Waals surface area (Å²) in [5, 5.41) is 3.07. The Kier molecular flexibility index (Phi) is 8.05. The van der Waals surface area contributed by atoms with Crippen molar-refractivity contribution in [1.29, 1.82) is 0 Å². The molecule has 3 amide bonds. The Bertz CT molecular complexity index is 1460. The Balaban J connectivity index is 1.27. The summed E-state index contributed by atoms with van der Waals surface area (Å²) in [6, 6.07) is 18.1. The third-order valence-electron chi connectivity index (χ3n) is 7.85. The quantitative estimate of drug-likeness (QED) is 0.514. The summed E-state index contributed by atoms with van der Waals surface area (Å²) in [6.45, 7) is 0.799. The van der Waals surface area contributed by atoms with E-state index in [1.807, 2.05) is 42.5 Å². The van der Waals surface area contributed by atoms with Gasteiger partial charge in [0.15, 0.2) is 11.5 Å². The highest BCUT2D eigenvalue weighted by molar-refractivity contribution is 5.92. The molecule has 1 aromatic heterocycles. The van der Waals surface area contributed by atoms with Gasteiger partial charge in [0.1, 0.15) is 11.4 Å². The highest BCUT2D eigenvalue weighted by atomic mass is 16.5. The number of fused-ring (bicyclic) bond motifs is 9. The summed E-state index contributed by atoms with van der Waals surface area (Å²) in [5.41, 5.74) is 2.16. The van der Waals surface area contributed by atoms with E-state index >= 15 is 0 Å². The third-order valence-corrected chi connectivity index (χ3v) is 7.85. The van der Waals surface area contributed by atoms with Crippen LogP contribution in [0.3, 0.4) is 0 Å². The first kappa shape index (κ1) is 27.7. The SMILES string of the molecule is COc1cc2ccc1Oc1cccc(c1)CO[C@H]1CN(C(=O)c3ccccn3)C[C@@H]1NC(=O)CN(C1CC1)C(=O)CC2. The van der Waals surface area contributed by atoms with Crippen molar-refractivity contribution in [2.24, 2.45) is 0 Å². The van der Waals surface area contributed by atoms with E-state index in [0.717, 1.165) is 24.0 Å². The van der Waals surface area contributed by atoms with Crippen molar-refractivity contribution in [2.75, 3.05) is 26.7 Å². The van der Waals surface area contributed by atoms with Crippen LogP contribution in [0.1, 0.15) is 40.9 Å². The molecule has 218 valence electrons. The van der Waals surface area contributed by atoms with Crippen LogP contribution in [0.2, 0.25) is 0 Å². The van der Waals surface area contributed by atoms with Crippen molar-refractivity contribution in [2.45, 2.75) is 50.5 Å². The van der Waals surface area contributed by atoms with E-state index in [-0.39, 0.29) is 49.9 Å². The van der Waals surface area contributed by atoms with E-state index in [0.29, 0.717) is 35.9 Å². The van der Waals surface area contributed by atoms with Crippen molar-refractivity contribution in [3.05, 3.63) is 83.7 Å². The molecule has 3 aromatic rings. The van der Waals surface area contributed by atoms with E-state index in [4.69, 9.17) is 14.2 Å². The number of methoxy groups -OCH3 is 1. The minimum absolute atomic E-state index is 0.0287. The Morgan fingerprint density at radius 3 is 2.67 bits per heavy atom. The lowest BCUT2D eigenvalue weighted by Gasteiger charge is -2.25. The molecular formula is C32H34N4O6. The molecule has 0 spiro atoms. The molecule has 1 saturated heterocycles. The number of ether oxygens (including phenoxy) is 3. The van der Waals surface area contributed by atoms with Crippen LogP contribution in [-0.4, -0.2) is 77.4 Å². The van der Waals surface area contributed by atoms with Crippen LogP contribution in [0.15, 0.2) is 66.9 Å². The van der Waals surface area contributed by atoms with Gasteiger partial charge in [0.2, 0.25) is 11.8 Å². The highest BCUT2D eigenvalue weighted by Gasteiger charge is 2.39. The zero-order chi connectivity index (χ0) is 29.1. The second-order valence-corrected chi connectivity index (χ2v) is 10.9. The number of benzene rings is 2. The first-order chi connectivity index (χ1) is 20.5. The van der Waals surface area contributed by atoms with Gasteiger partial charge in [-0.3, -0.25) is 19.4 Å². The summed E-state index contributed by atoms with van der Waals surface area (Å²) < 4.78 is 18.1. The number of carbonyl (C=O) groups excluding carboxylic acids is 3. The van der Waals surface area contributed by atoms with Gasteiger partial charge in [-0.25, -0.2) is 0 Å². The first-order valence-corrected chi connectivity index (χ1v) is 14.3. The second-order valence-electron chi connectivity index (χ2n) is 10.9. The molecule has 10 heteroatoms. The van der Waals surface area contributed by atoms with E-state index in [1.54, 1.807) is 41.3 Å². The zero-order valence-corrected chi connectivity index (χ0v) is 23.5. The van der Waals surface area contributed by atoms with Gasteiger partial charge in [0.25, 0.3) is 5.91 Å². The minimum atomic E-state index is -0.453. The number of hydrogen-bond donors (Lipinski definition) is 1.